The van der Waals surface area contributed by atoms with E-state index >= 15 is 0 Å². The molecule has 0 aliphatic rings. The van der Waals surface area contributed by atoms with Crippen LogP contribution in [0, 0.1) is 6.92 Å². The number of ether oxygens (including phenoxy) is 1. The number of halogens is 1. The van der Waals surface area contributed by atoms with Crippen molar-refractivity contribution in [2.24, 2.45) is 0 Å². The molecule has 1 aromatic heterocycles. The molecular formula is C18H16ClN3O3. The lowest BCUT2D eigenvalue weighted by Crippen LogP contribution is -2.12. The number of benzene rings is 2. The number of hydrogen-bond donors (Lipinski definition) is 3. The van der Waals surface area contributed by atoms with Crippen LogP contribution in [0.1, 0.15) is 16.1 Å². The SMILES string of the molecule is COc1cccc(NC(=O)c2cc(-c3cc(Cl)c(C)cc3O)n[nH]2)c1. The molecule has 0 spiro atoms. The van der Waals surface area contributed by atoms with Crippen molar-refractivity contribution in [2.45, 2.75) is 6.92 Å². The first-order valence-corrected chi connectivity index (χ1v) is 7.86. The second-order valence-electron chi connectivity index (χ2n) is 5.47. The summed E-state index contributed by atoms with van der Waals surface area (Å²) < 4.78 is 5.13. The predicted octanol–water partition coefficient (Wildman–Crippen LogP) is 4.01. The third-order valence-electron chi connectivity index (χ3n) is 3.70. The van der Waals surface area contributed by atoms with Crippen LogP contribution in [0.25, 0.3) is 11.3 Å². The Hall–Kier alpha value is -2.99. The highest BCUT2D eigenvalue weighted by Crippen LogP contribution is 2.33. The average molecular weight is 358 g/mol. The summed E-state index contributed by atoms with van der Waals surface area (Å²) in [6.07, 6.45) is 0. The van der Waals surface area contributed by atoms with Gasteiger partial charge in [-0.2, -0.15) is 5.10 Å². The molecule has 0 fully saturated rings. The van der Waals surface area contributed by atoms with Crippen molar-refractivity contribution in [3.63, 3.8) is 0 Å². The third-order valence-corrected chi connectivity index (χ3v) is 4.11. The summed E-state index contributed by atoms with van der Waals surface area (Å²) >= 11 is 6.10. The number of phenols is 1. The van der Waals surface area contributed by atoms with Gasteiger partial charge in [0.2, 0.25) is 0 Å². The lowest BCUT2D eigenvalue weighted by atomic mass is 10.1. The van der Waals surface area contributed by atoms with Gasteiger partial charge in [-0.3, -0.25) is 9.89 Å². The highest BCUT2D eigenvalue weighted by atomic mass is 35.5. The fourth-order valence-electron chi connectivity index (χ4n) is 2.35. The number of H-pyrrole nitrogens is 1. The molecule has 0 radical (unpaired) electrons. The largest absolute Gasteiger partial charge is 0.507 e. The second-order valence-corrected chi connectivity index (χ2v) is 5.88. The minimum Gasteiger partial charge on any atom is -0.507 e. The van der Waals surface area contributed by atoms with Crippen LogP contribution in [-0.4, -0.2) is 28.3 Å². The van der Waals surface area contributed by atoms with Crippen molar-refractivity contribution in [1.29, 1.82) is 0 Å². The Morgan fingerprint density at radius 1 is 1.28 bits per heavy atom. The average Bonchev–Trinajstić information content (AvgIpc) is 3.08. The Balaban J connectivity index is 1.83. The Labute approximate surface area is 149 Å². The predicted molar refractivity (Wildman–Crippen MR) is 96.4 cm³/mol. The Bertz CT molecular complexity index is 937. The van der Waals surface area contributed by atoms with Crippen LogP contribution < -0.4 is 10.1 Å². The van der Waals surface area contributed by atoms with Crippen LogP contribution in [0.3, 0.4) is 0 Å². The highest BCUT2D eigenvalue weighted by Gasteiger charge is 2.15. The molecule has 1 amide bonds. The third kappa shape index (κ3) is 3.59. The molecule has 1 heterocycles. The van der Waals surface area contributed by atoms with Gasteiger partial charge in [0.05, 0.1) is 12.8 Å². The van der Waals surface area contributed by atoms with Gasteiger partial charge in [0.25, 0.3) is 5.91 Å². The zero-order valence-electron chi connectivity index (χ0n) is 13.6. The summed E-state index contributed by atoms with van der Waals surface area (Å²) in [5.41, 5.74) is 2.49. The number of carbonyl (C=O) groups is 1. The number of hydrogen-bond acceptors (Lipinski definition) is 4. The summed E-state index contributed by atoms with van der Waals surface area (Å²) in [6.45, 7) is 1.80. The maximum absolute atomic E-state index is 12.4. The molecule has 3 N–H and O–H groups in total. The monoisotopic (exact) mass is 357 g/mol. The summed E-state index contributed by atoms with van der Waals surface area (Å²) in [5, 5.41) is 20.1. The summed E-state index contributed by atoms with van der Waals surface area (Å²) in [6, 6.07) is 11.8. The number of aromatic nitrogens is 2. The first-order valence-electron chi connectivity index (χ1n) is 7.48. The van der Waals surface area contributed by atoms with E-state index in [0.29, 0.717) is 27.7 Å². The van der Waals surface area contributed by atoms with Crippen molar-refractivity contribution in [3.8, 4) is 22.8 Å². The number of aromatic hydroxyl groups is 1. The maximum atomic E-state index is 12.4. The van der Waals surface area contributed by atoms with E-state index < -0.39 is 0 Å². The Morgan fingerprint density at radius 3 is 2.84 bits per heavy atom. The first kappa shape index (κ1) is 16.9. The van der Waals surface area contributed by atoms with Gasteiger partial charge < -0.3 is 15.2 Å². The molecule has 6 nitrogen and oxygen atoms in total. The van der Waals surface area contributed by atoms with Crippen molar-refractivity contribution in [2.75, 3.05) is 12.4 Å². The number of nitrogens with one attached hydrogen (secondary N) is 2. The van der Waals surface area contributed by atoms with Crippen LogP contribution >= 0.6 is 11.6 Å². The minimum absolute atomic E-state index is 0.0492. The summed E-state index contributed by atoms with van der Waals surface area (Å²) in [5.74, 6) is 0.333. The lowest BCUT2D eigenvalue weighted by molar-refractivity contribution is 0.102. The molecular weight excluding hydrogens is 342 g/mol. The minimum atomic E-state index is -0.357. The Kier molecular flexibility index (Phi) is 4.63. The van der Waals surface area contributed by atoms with Gasteiger partial charge in [-0.15, -0.1) is 0 Å². The number of methoxy groups -OCH3 is 1. The smallest absolute Gasteiger partial charge is 0.273 e. The van der Waals surface area contributed by atoms with Crippen LogP contribution in [0.4, 0.5) is 5.69 Å². The molecule has 0 saturated heterocycles. The summed E-state index contributed by atoms with van der Waals surface area (Å²) in [4.78, 5) is 12.4. The van der Waals surface area contributed by atoms with Gasteiger partial charge >= 0.3 is 0 Å². The number of aromatic amines is 1. The maximum Gasteiger partial charge on any atom is 0.273 e. The number of phenolic OH excluding ortho intramolecular Hbond substituents is 1. The number of amides is 1. The molecule has 3 aromatic rings. The lowest BCUT2D eigenvalue weighted by Gasteiger charge is -2.05. The number of nitrogens with zero attached hydrogens (tertiary/aromatic N) is 1. The van der Waals surface area contributed by atoms with E-state index in [4.69, 9.17) is 16.3 Å². The normalized spacial score (nSPS) is 10.5. The Morgan fingerprint density at radius 2 is 2.08 bits per heavy atom. The van der Waals surface area contributed by atoms with Gasteiger partial charge in [0.1, 0.15) is 17.2 Å². The van der Waals surface area contributed by atoms with Crippen LogP contribution in [0.2, 0.25) is 5.02 Å². The van der Waals surface area contributed by atoms with Crippen LogP contribution in [0.5, 0.6) is 11.5 Å². The molecule has 7 heteroatoms. The fraction of sp³-hybridized carbons (Fsp3) is 0.111. The molecule has 0 atom stereocenters. The molecule has 3 rings (SSSR count). The number of aryl methyl sites for hydroxylation is 1. The van der Waals surface area contributed by atoms with E-state index in [9.17, 15) is 9.90 Å². The molecule has 0 bridgehead atoms. The number of carbonyl (C=O) groups excluding carboxylic acids is 1. The van der Waals surface area contributed by atoms with Crippen LogP contribution in [0.15, 0.2) is 42.5 Å². The van der Waals surface area contributed by atoms with E-state index in [1.165, 1.54) is 0 Å². The van der Waals surface area contributed by atoms with Gasteiger partial charge in [0, 0.05) is 22.3 Å². The van der Waals surface area contributed by atoms with E-state index in [1.807, 2.05) is 0 Å². The topological polar surface area (TPSA) is 87.2 Å². The van der Waals surface area contributed by atoms with E-state index in [-0.39, 0.29) is 17.4 Å². The standard InChI is InChI=1S/C18H16ClN3O3/c1-10-6-17(23)13(8-14(10)19)15-9-16(22-21-15)18(24)20-11-4-3-5-12(7-11)25-2/h3-9,23H,1-2H3,(H,20,24)(H,21,22). The van der Waals surface area contributed by atoms with E-state index in [0.717, 1.165) is 5.56 Å². The zero-order chi connectivity index (χ0) is 18.0. The molecule has 0 unspecified atom stereocenters. The molecule has 0 aliphatic carbocycles. The highest BCUT2D eigenvalue weighted by molar-refractivity contribution is 6.31. The second kappa shape index (κ2) is 6.86. The van der Waals surface area contributed by atoms with E-state index in [1.54, 1.807) is 56.5 Å². The molecule has 2 aromatic carbocycles. The number of anilines is 1. The number of rotatable bonds is 4. The van der Waals surface area contributed by atoms with E-state index in [2.05, 4.69) is 15.5 Å². The molecule has 25 heavy (non-hydrogen) atoms. The van der Waals surface area contributed by atoms with Crippen molar-refractivity contribution in [1.82, 2.24) is 10.2 Å². The fourth-order valence-corrected chi connectivity index (χ4v) is 2.51. The van der Waals surface area contributed by atoms with Gasteiger partial charge in [-0.05, 0) is 42.8 Å². The van der Waals surface area contributed by atoms with Crippen molar-refractivity contribution < 1.29 is 14.6 Å². The van der Waals surface area contributed by atoms with Gasteiger partial charge in [-0.1, -0.05) is 17.7 Å². The summed E-state index contributed by atoms with van der Waals surface area (Å²) in [7, 11) is 1.56. The zero-order valence-corrected chi connectivity index (χ0v) is 14.4. The quantitative estimate of drug-likeness (QED) is 0.658. The van der Waals surface area contributed by atoms with Gasteiger partial charge in [-0.25, -0.2) is 0 Å². The van der Waals surface area contributed by atoms with Gasteiger partial charge in [0.15, 0.2) is 0 Å². The molecule has 0 aliphatic heterocycles. The molecule has 0 saturated carbocycles. The molecule has 128 valence electrons. The van der Waals surface area contributed by atoms with Crippen molar-refractivity contribution in [3.05, 3.63) is 58.7 Å². The first-order chi connectivity index (χ1) is 12.0. The van der Waals surface area contributed by atoms with Crippen molar-refractivity contribution >= 4 is 23.2 Å². The van der Waals surface area contributed by atoms with Crippen LogP contribution in [-0.2, 0) is 0 Å².